The molecule has 2 rings (SSSR count). The first kappa shape index (κ1) is 18.0. The summed E-state index contributed by atoms with van der Waals surface area (Å²) in [4.78, 5) is 17.0. The first-order valence-electron chi connectivity index (χ1n) is 8.61. The third-order valence-corrected chi connectivity index (χ3v) is 4.89. The molecule has 1 aromatic carbocycles. The molecule has 4 nitrogen and oxygen atoms in total. The molecule has 1 heterocycles. The second-order valence-electron chi connectivity index (χ2n) is 7.70. The molecule has 1 aliphatic heterocycles. The van der Waals surface area contributed by atoms with Crippen molar-refractivity contribution in [2.45, 2.75) is 52.7 Å². The maximum atomic E-state index is 12.8. The first-order chi connectivity index (χ1) is 10.8. The monoisotopic (exact) mass is 317 g/mol. The van der Waals surface area contributed by atoms with Crippen LogP contribution in [-0.2, 0) is 11.3 Å². The Balaban J connectivity index is 1.99. The van der Waals surface area contributed by atoms with Crippen molar-refractivity contribution >= 4 is 5.91 Å². The number of carbonyl (C=O) groups excluding carboxylic acids is 1. The normalized spacial score (nSPS) is 21.4. The SMILES string of the molecule is CC(C)N(Cc1ccccc1)C(=O)CN1CCC(N)C(C)(C)C1. The Labute approximate surface area is 140 Å². The van der Waals surface area contributed by atoms with Gasteiger partial charge in [-0.15, -0.1) is 0 Å². The van der Waals surface area contributed by atoms with Gasteiger partial charge in [-0.05, 0) is 31.2 Å². The average molecular weight is 317 g/mol. The predicted octanol–water partition coefficient (Wildman–Crippen LogP) is 2.48. The van der Waals surface area contributed by atoms with Crippen LogP contribution < -0.4 is 5.73 Å². The van der Waals surface area contributed by atoms with E-state index in [1.165, 1.54) is 5.56 Å². The van der Waals surface area contributed by atoms with Gasteiger partial charge in [0.1, 0.15) is 0 Å². The number of piperidine rings is 1. The Morgan fingerprint density at radius 3 is 2.57 bits per heavy atom. The molecule has 0 aliphatic carbocycles. The number of hydrogen-bond donors (Lipinski definition) is 1. The maximum Gasteiger partial charge on any atom is 0.237 e. The molecular formula is C19H31N3O. The van der Waals surface area contributed by atoms with E-state index in [0.717, 1.165) is 19.5 Å². The van der Waals surface area contributed by atoms with E-state index in [1.807, 2.05) is 23.1 Å². The number of benzene rings is 1. The van der Waals surface area contributed by atoms with Crippen LogP contribution in [0, 0.1) is 5.41 Å². The van der Waals surface area contributed by atoms with Crippen LogP contribution in [0.3, 0.4) is 0 Å². The zero-order valence-electron chi connectivity index (χ0n) is 15.0. The zero-order chi connectivity index (χ0) is 17.0. The summed E-state index contributed by atoms with van der Waals surface area (Å²) in [6.45, 7) is 11.5. The molecule has 1 amide bonds. The molecule has 1 unspecified atom stereocenters. The summed E-state index contributed by atoms with van der Waals surface area (Å²) < 4.78 is 0. The van der Waals surface area contributed by atoms with Gasteiger partial charge in [-0.25, -0.2) is 0 Å². The van der Waals surface area contributed by atoms with E-state index < -0.39 is 0 Å². The Hall–Kier alpha value is -1.39. The Morgan fingerprint density at radius 1 is 1.35 bits per heavy atom. The summed E-state index contributed by atoms with van der Waals surface area (Å²) >= 11 is 0. The zero-order valence-corrected chi connectivity index (χ0v) is 15.0. The molecule has 128 valence electrons. The highest BCUT2D eigenvalue weighted by atomic mass is 16.2. The van der Waals surface area contributed by atoms with E-state index >= 15 is 0 Å². The lowest BCUT2D eigenvalue weighted by Gasteiger charge is -2.43. The van der Waals surface area contributed by atoms with Crippen LogP contribution in [0.1, 0.15) is 39.7 Å². The lowest BCUT2D eigenvalue weighted by molar-refractivity contribution is -0.135. The average Bonchev–Trinajstić information content (AvgIpc) is 2.49. The number of rotatable bonds is 5. The van der Waals surface area contributed by atoms with E-state index in [0.29, 0.717) is 13.1 Å². The number of nitrogens with two attached hydrogens (primary N) is 1. The highest BCUT2D eigenvalue weighted by molar-refractivity contribution is 5.78. The topological polar surface area (TPSA) is 49.6 Å². The molecule has 1 aromatic rings. The number of hydrogen-bond acceptors (Lipinski definition) is 3. The molecule has 0 saturated carbocycles. The van der Waals surface area contributed by atoms with Gasteiger partial charge in [0.05, 0.1) is 6.54 Å². The summed E-state index contributed by atoms with van der Waals surface area (Å²) in [7, 11) is 0. The third-order valence-electron chi connectivity index (χ3n) is 4.89. The molecule has 0 spiro atoms. The largest absolute Gasteiger partial charge is 0.335 e. The molecule has 0 aromatic heterocycles. The second-order valence-corrected chi connectivity index (χ2v) is 7.70. The van der Waals surface area contributed by atoms with Crippen molar-refractivity contribution in [1.29, 1.82) is 0 Å². The molecule has 4 heteroatoms. The van der Waals surface area contributed by atoms with Crippen LogP contribution in [0.25, 0.3) is 0 Å². The summed E-state index contributed by atoms with van der Waals surface area (Å²) in [6, 6.07) is 10.6. The number of amides is 1. The van der Waals surface area contributed by atoms with Gasteiger partial charge in [-0.1, -0.05) is 44.2 Å². The number of carbonyl (C=O) groups is 1. The highest BCUT2D eigenvalue weighted by Crippen LogP contribution is 2.27. The van der Waals surface area contributed by atoms with E-state index in [1.54, 1.807) is 0 Å². The molecule has 1 saturated heterocycles. The second kappa shape index (κ2) is 7.45. The maximum absolute atomic E-state index is 12.8. The van der Waals surface area contributed by atoms with Crippen molar-refractivity contribution in [3.05, 3.63) is 35.9 Å². The van der Waals surface area contributed by atoms with Crippen molar-refractivity contribution in [1.82, 2.24) is 9.80 Å². The van der Waals surface area contributed by atoms with Crippen molar-refractivity contribution < 1.29 is 4.79 Å². The van der Waals surface area contributed by atoms with Crippen LogP contribution in [0.15, 0.2) is 30.3 Å². The number of nitrogens with zero attached hydrogens (tertiary/aromatic N) is 2. The summed E-state index contributed by atoms with van der Waals surface area (Å²) in [6.07, 6.45) is 0.959. The van der Waals surface area contributed by atoms with Crippen LogP contribution >= 0.6 is 0 Å². The van der Waals surface area contributed by atoms with Gasteiger partial charge in [0, 0.05) is 31.7 Å². The van der Waals surface area contributed by atoms with Crippen LogP contribution in [0.5, 0.6) is 0 Å². The smallest absolute Gasteiger partial charge is 0.237 e. The van der Waals surface area contributed by atoms with Crippen LogP contribution in [-0.4, -0.2) is 47.4 Å². The predicted molar refractivity (Wildman–Crippen MR) is 94.9 cm³/mol. The number of likely N-dealkylation sites (tertiary alicyclic amines) is 1. The van der Waals surface area contributed by atoms with Gasteiger partial charge in [0.15, 0.2) is 0 Å². The molecule has 1 atom stereocenters. The molecular weight excluding hydrogens is 286 g/mol. The quantitative estimate of drug-likeness (QED) is 0.907. The molecule has 1 fully saturated rings. The van der Waals surface area contributed by atoms with Gasteiger partial charge in [-0.3, -0.25) is 9.69 Å². The standard InChI is InChI=1S/C19H31N3O/c1-15(2)22(12-16-8-6-5-7-9-16)18(23)13-21-11-10-17(20)19(3,4)14-21/h5-9,15,17H,10-14,20H2,1-4H3. The van der Waals surface area contributed by atoms with Crippen molar-refractivity contribution in [3.8, 4) is 0 Å². The Bertz CT molecular complexity index is 513. The summed E-state index contributed by atoms with van der Waals surface area (Å²) in [5, 5.41) is 0. The fourth-order valence-corrected chi connectivity index (χ4v) is 3.24. The lowest BCUT2D eigenvalue weighted by Crippen LogP contribution is -2.54. The van der Waals surface area contributed by atoms with Crippen LogP contribution in [0.4, 0.5) is 0 Å². The van der Waals surface area contributed by atoms with Crippen molar-refractivity contribution in [3.63, 3.8) is 0 Å². The van der Waals surface area contributed by atoms with E-state index in [-0.39, 0.29) is 23.4 Å². The molecule has 1 aliphatic rings. The molecule has 0 bridgehead atoms. The van der Waals surface area contributed by atoms with Crippen molar-refractivity contribution in [2.75, 3.05) is 19.6 Å². The van der Waals surface area contributed by atoms with Crippen molar-refractivity contribution in [2.24, 2.45) is 11.1 Å². The highest BCUT2D eigenvalue weighted by Gasteiger charge is 2.34. The molecule has 2 N–H and O–H groups in total. The van der Waals surface area contributed by atoms with Crippen LogP contribution in [0.2, 0.25) is 0 Å². The lowest BCUT2D eigenvalue weighted by atomic mass is 9.80. The van der Waals surface area contributed by atoms with E-state index in [2.05, 4.69) is 44.7 Å². The molecule has 0 radical (unpaired) electrons. The van der Waals surface area contributed by atoms with Gasteiger partial charge in [0.2, 0.25) is 5.91 Å². The van der Waals surface area contributed by atoms with E-state index in [9.17, 15) is 4.79 Å². The van der Waals surface area contributed by atoms with E-state index in [4.69, 9.17) is 5.73 Å². The minimum absolute atomic E-state index is 0.0701. The first-order valence-corrected chi connectivity index (χ1v) is 8.61. The summed E-state index contributed by atoms with van der Waals surface area (Å²) in [5.41, 5.74) is 7.44. The van der Waals surface area contributed by atoms with Gasteiger partial charge < -0.3 is 10.6 Å². The van der Waals surface area contributed by atoms with Gasteiger partial charge >= 0.3 is 0 Å². The summed E-state index contributed by atoms with van der Waals surface area (Å²) in [5.74, 6) is 0.204. The Kier molecular flexibility index (Phi) is 5.82. The molecule has 23 heavy (non-hydrogen) atoms. The Morgan fingerprint density at radius 2 is 2.00 bits per heavy atom. The third kappa shape index (κ3) is 4.79. The minimum Gasteiger partial charge on any atom is -0.335 e. The fourth-order valence-electron chi connectivity index (χ4n) is 3.24. The van der Waals surface area contributed by atoms with Gasteiger partial charge in [0.25, 0.3) is 0 Å². The van der Waals surface area contributed by atoms with Gasteiger partial charge in [-0.2, -0.15) is 0 Å². The fraction of sp³-hybridized carbons (Fsp3) is 0.632. The minimum atomic E-state index is 0.0701.